The Balaban J connectivity index is 2.18. The minimum Gasteiger partial charge on any atom is -0.484 e. The van der Waals surface area contributed by atoms with E-state index in [0.29, 0.717) is 25.3 Å². The molecule has 0 aliphatic carbocycles. The highest BCUT2D eigenvalue weighted by Crippen LogP contribution is 2.16. The number of nitrogens with zero attached hydrogens (tertiary/aromatic N) is 1. The van der Waals surface area contributed by atoms with Crippen molar-refractivity contribution < 1.29 is 14.3 Å². The van der Waals surface area contributed by atoms with E-state index < -0.39 is 6.04 Å². The largest absolute Gasteiger partial charge is 0.484 e. The summed E-state index contributed by atoms with van der Waals surface area (Å²) in [5.74, 6) is 0.286. The van der Waals surface area contributed by atoms with E-state index in [1.54, 1.807) is 4.90 Å². The summed E-state index contributed by atoms with van der Waals surface area (Å²) < 4.78 is 6.77. The molecule has 0 heterocycles. The molecule has 0 radical (unpaired) electrons. The summed E-state index contributed by atoms with van der Waals surface area (Å²) in [6, 6.07) is 15.0. The minimum absolute atomic E-state index is 0.109. The van der Waals surface area contributed by atoms with Gasteiger partial charge in [0.25, 0.3) is 5.91 Å². The first kappa shape index (κ1) is 22.2. The first-order chi connectivity index (χ1) is 13.4. The van der Waals surface area contributed by atoms with Crippen molar-refractivity contribution in [1.29, 1.82) is 0 Å². The van der Waals surface area contributed by atoms with Gasteiger partial charge in [0.15, 0.2) is 6.61 Å². The third kappa shape index (κ3) is 6.51. The highest BCUT2D eigenvalue weighted by atomic mass is 127. The van der Waals surface area contributed by atoms with Crippen LogP contribution in [0, 0.1) is 10.5 Å². The molecule has 0 bridgehead atoms. The number of halogens is 1. The van der Waals surface area contributed by atoms with Crippen molar-refractivity contribution in [3.8, 4) is 5.75 Å². The molecule has 2 aromatic carbocycles. The summed E-state index contributed by atoms with van der Waals surface area (Å²) in [5.41, 5.74) is 2.11. The first-order valence-electron chi connectivity index (χ1n) is 9.45. The van der Waals surface area contributed by atoms with Crippen molar-refractivity contribution in [3.63, 3.8) is 0 Å². The third-order valence-electron chi connectivity index (χ3n) is 4.35. The maximum Gasteiger partial charge on any atom is 0.261 e. The summed E-state index contributed by atoms with van der Waals surface area (Å²) in [6.07, 6.45) is 0.535. The fraction of sp³-hybridized carbons (Fsp3) is 0.364. The van der Waals surface area contributed by atoms with Crippen LogP contribution in [0.3, 0.4) is 0 Å². The number of hydrogen-bond acceptors (Lipinski definition) is 3. The van der Waals surface area contributed by atoms with Crippen LogP contribution in [0.25, 0.3) is 0 Å². The lowest BCUT2D eigenvalue weighted by atomic mass is 10.1. The summed E-state index contributed by atoms with van der Waals surface area (Å²) in [4.78, 5) is 27.2. The summed E-state index contributed by atoms with van der Waals surface area (Å²) in [6.45, 7) is 6.58. The molecule has 5 nitrogen and oxygen atoms in total. The Morgan fingerprint density at radius 3 is 2.46 bits per heavy atom. The number of carbonyl (C=O) groups excluding carboxylic acids is 2. The topological polar surface area (TPSA) is 58.6 Å². The van der Waals surface area contributed by atoms with E-state index in [1.165, 1.54) is 0 Å². The standard InChI is InChI=1S/C22H27IN2O3/c1-4-20(22(27)24-5-2)25(14-17-8-6-7-16(3)13-17)21(26)15-28-19-11-9-18(23)10-12-19/h6-13,20H,4-5,14-15H2,1-3H3,(H,24,27). The number of carbonyl (C=O) groups is 2. The van der Waals surface area contributed by atoms with Gasteiger partial charge in [0.1, 0.15) is 11.8 Å². The van der Waals surface area contributed by atoms with E-state index in [1.807, 2.05) is 69.3 Å². The van der Waals surface area contributed by atoms with E-state index in [2.05, 4.69) is 27.9 Å². The van der Waals surface area contributed by atoms with E-state index >= 15 is 0 Å². The molecule has 0 saturated heterocycles. The minimum atomic E-state index is -0.534. The van der Waals surface area contributed by atoms with Gasteiger partial charge in [-0.2, -0.15) is 0 Å². The van der Waals surface area contributed by atoms with Crippen LogP contribution in [0.4, 0.5) is 0 Å². The summed E-state index contributed by atoms with van der Waals surface area (Å²) in [5, 5.41) is 2.83. The van der Waals surface area contributed by atoms with Gasteiger partial charge in [-0.25, -0.2) is 0 Å². The van der Waals surface area contributed by atoms with Gasteiger partial charge in [-0.1, -0.05) is 36.8 Å². The number of amides is 2. The van der Waals surface area contributed by atoms with Gasteiger partial charge in [-0.15, -0.1) is 0 Å². The molecule has 1 unspecified atom stereocenters. The smallest absolute Gasteiger partial charge is 0.261 e. The predicted octanol–water partition coefficient (Wildman–Crippen LogP) is 3.92. The Morgan fingerprint density at radius 2 is 1.86 bits per heavy atom. The van der Waals surface area contributed by atoms with Crippen LogP contribution in [-0.2, 0) is 16.1 Å². The Bertz CT molecular complexity index is 793. The molecule has 0 aliphatic heterocycles. The Labute approximate surface area is 180 Å². The highest BCUT2D eigenvalue weighted by Gasteiger charge is 2.28. The molecule has 2 aromatic rings. The molecule has 2 rings (SSSR count). The molecule has 1 N–H and O–H groups in total. The number of benzene rings is 2. The molecular weight excluding hydrogens is 467 g/mol. The van der Waals surface area contributed by atoms with Crippen LogP contribution in [0.1, 0.15) is 31.4 Å². The lowest BCUT2D eigenvalue weighted by molar-refractivity contribution is -0.142. The van der Waals surface area contributed by atoms with Crippen molar-refractivity contribution in [2.24, 2.45) is 0 Å². The number of nitrogens with one attached hydrogen (secondary N) is 1. The zero-order chi connectivity index (χ0) is 20.5. The van der Waals surface area contributed by atoms with Gasteiger partial charge in [-0.3, -0.25) is 9.59 Å². The van der Waals surface area contributed by atoms with Crippen LogP contribution < -0.4 is 10.1 Å². The lowest BCUT2D eigenvalue weighted by Crippen LogP contribution is -2.50. The Morgan fingerprint density at radius 1 is 1.14 bits per heavy atom. The first-order valence-corrected chi connectivity index (χ1v) is 10.5. The molecule has 2 amide bonds. The average Bonchev–Trinajstić information content (AvgIpc) is 2.67. The summed E-state index contributed by atoms with van der Waals surface area (Å²) >= 11 is 2.22. The second kappa shape index (κ2) is 11.0. The fourth-order valence-electron chi connectivity index (χ4n) is 2.98. The third-order valence-corrected chi connectivity index (χ3v) is 5.07. The maximum atomic E-state index is 13.0. The molecule has 1 atom stereocenters. The SMILES string of the molecule is CCNC(=O)C(CC)N(Cc1cccc(C)c1)C(=O)COc1ccc(I)cc1. The zero-order valence-corrected chi connectivity index (χ0v) is 18.7. The van der Waals surface area contributed by atoms with Crippen molar-refractivity contribution >= 4 is 34.4 Å². The van der Waals surface area contributed by atoms with Crippen molar-refractivity contribution in [2.75, 3.05) is 13.2 Å². The number of likely N-dealkylation sites (N-methyl/N-ethyl adjacent to an activating group) is 1. The van der Waals surface area contributed by atoms with Gasteiger partial charge in [-0.05, 0) is 72.7 Å². The highest BCUT2D eigenvalue weighted by molar-refractivity contribution is 14.1. The molecule has 0 saturated carbocycles. The molecule has 0 fully saturated rings. The normalized spacial score (nSPS) is 11.6. The molecule has 150 valence electrons. The number of aryl methyl sites for hydroxylation is 1. The summed E-state index contributed by atoms with van der Waals surface area (Å²) in [7, 11) is 0. The van der Waals surface area contributed by atoms with Crippen molar-refractivity contribution in [1.82, 2.24) is 10.2 Å². The average molecular weight is 494 g/mol. The second-order valence-corrected chi connectivity index (χ2v) is 7.82. The van der Waals surface area contributed by atoms with Gasteiger partial charge in [0.2, 0.25) is 5.91 Å². The second-order valence-electron chi connectivity index (χ2n) is 6.57. The van der Waals surface area contributed by atoms with E-state index in [9.17, 15) is 9.59 Å². The zero-order valence-electron chi connectivity index (χ0n) is 16.6. The monoisotopic (exact) mass is 494 g/mol. The van der Waals surface area contributed by atoms with Crippen molar-refractivity contribution in [2.45, 2.75) is 39.8 Å². The molecule has 0 aliphatic rings. The number of rotatable bonds is 9. The maximum absolute atomic E-state index is 13.0. The number of ether oxygens (including phenoxy) is 1. The number of hydrogen-bond donors (Lipinski definition) is 1. The van der Waals surface area contributed by atoms with E-state index in [0.717, 1.165) is 14.7 Å². The van der Waals surface area contributed by atoms with Crippen LogP contribution in [-0.4, -0.2) is 35.9 Å². The molecule has 28 heavy (non-hydrogen) atoms. The molecule has 0 aromatic heterocycles. The lowest BCUT2D eigenvalue weighted by Gasteiger charge is -2.30. The van der Waals surface area contributed by atoms with Crippen LogP contribution >= 0.6 is 22.6 Å². The molecular formula is C22H27IN2O3. The van der Waals surface area contributed by atoms with Crippen LogP contribution in [0.5, 0.6) is 5.75 Å². The van der Waals surface area contributed by atoms with Gasteiger partial charge >= 0.3 is 0 Å². The van der Waals surface area contributed by atoms with E-state index in [-0.39, 0.29) is 18.4 Å². The Kier molecular flexibility index (Phi) is 8.76. The molecule has 6 heteroatoms. The quantitative estimate of drug-likeness (QED) is 0.538. The Hall–Kier alpha value is -2.09. The van der Waals surface area contributed by atoms with Crippen LogP contribution in [0.15, 0.2) is 48.5 Å². The van der Waals surface area contributed by atoms with Gasteiger partial charge < -0.3 is 15.0 Å². The molecule has 0 spiro atoms. The van der Waals surface area contributed by atoms with Gasteiger partial charge in [0.05, 0.1) is 0 Å². The fourth-order valence-corrected chi connectivity index (χ4v) is 3.34. The van der Waals surface area contributed by atoms with Crippen molar-refractivity contribution in [3.05, 3.63) is 63.2 Å². The van der Waals surface area contributed by atoms with Crippen LogP contribution in [0.2, 0.25) is 0 Å². The van der Waals surface area contributed by atoms with E-state index in [4.69, 9.17) is 4.74 Å². The van der Waals surface area contributed by atoms with Gasteiger partial charge in [0, 0.05) is 16.7 Å². The predicted molar refractivity (Wildman–Crippen MR) is 119 cm³/mol.